The summed E-state index contributed by atoms with van der Waals surface area (Å²) in [6, 6.07) is 0. The number of carbonyl (C=O) groups excluding carboxylic acids is 4. The van der Waals surface area contributed by atoms with Crippen LogP contribution in [-0.4, -0.2) is 128 Å². The molecule has 3 unspecified atom stereocenters. The number of anilines is 1. The number of nitrogens with two attached hydrogens (primary N) is 1. The monoisotopic (exact) mass is 1040 g/mol. The van der Waals surface area contributed by atoms with Crippen LogP contribution in [0.4, 0.5) is 5.82 Å². The second-order valence-electron chi connectivity index (χ2n) is 16.8. The summed E-state index contributed by atoms with van der Waals surface area (Å²) >= 11 is 1.04. The molecular weight excluding hydrogens is 979 g/mol. The lowest BCUT2D eigenvalue weighted by Gasteiger charge is -2.30. The molecule has 1 saturated carbocycles. The molecule has 1 aliphatic carbocycles. The third-order valence-electron chi connectivity index (χ3n) is 11.0. The number of allylic oxidation sites excluding steroid dienone is 3. The highest BCUT2D eigenvalue weighted by Crippen LogP contribution is 2.61. The van der Waals surface area contributed by atoms with Crippen molar-refractivity contribution in [2.24, 2.45) is 17.3 Å². The minimum atomic E-state index is -5.59. The van der Waals surface area contributed by atoms with Crippen molar-refractivity contribution in [3.05, 3.63) is 37.0 Å². The summed E-state index contributed by atoms with van der Waals surface area (Å²) in [5.41, 5.74) is 4.26. The molecule has 2 aliphatic rings. The van der Waals surface area contributed by atoms with E-state index in [0.717, 1.165) is 80.4 Å². The van der Waals surface area contributed by atoms with Gasteiger partial charge in [0.15, 0.2) is 17.7 Å². The van der Waals surface area contributed by atoms with Gasteiger partial charge in [-0.3, -0.25) is 37.3 Å². The van der Waals surface area contributed by atoms with E-state index in [-0.39, 0.29) is 47.5 Å². The molecule has 25 nitrogen and oxygen atoms in total. The van der Waals surface area contributed by atoms with E-state index in [0.29, 0.717) is 23.9 Å². The Labute approximate surface area is 396 Å². The third kappa shape index (κ3) is 18.1. The molecule has 2 aromatic heterocycles. The number of aliphatic hydroxyl groups is 2. The number of aliphatic hydroxyl groups excluding tert-OH is 2. The Morgan fingerprint density at radius 1 is 1.03 bits per heavy atom. The zero-order valence-electron chi connectivity index (χ0n) is 37.8. The normalized spacial score (nSPS) is 23.6. The Kier molecular flexibility index (Phi) is 22.1. The first-order chi connectivity index (χ1) is 31.9. The molecule has 10 N–H and O–H groups in total. The van der Waals surface area contributed by atoms with Crippen molar-refractivity contribution in [3.63, 3.8) is 0 Å². The van der Waals surface area contributed by atoms with Crippen molar-refractivity contribution >= 4 is 74.9 Å². The number of ether oxygens (including phenoxy) is 1. The zero-order chi connectivity index (χ0) is 50.3. The second-order valence-corrected chi connectivity index (χ2v) is 22.1. The summed E-state index contributed by atoms with van der Waals surface area (Å²) in [5, 5.41) is 26.4. The lowest BCUT2D eigenvalue weighted by atomic mass is 9.87. The number of fused-ring (bicyclic) bond motifs is 1. The van der Waals surface area contributed by atoms with Crippen molar-refractivity contribution < 1.29 is 85.3 Å². The van der Waals surface area contributed by atoms with Crippen molar-refractivity contribution in [1.29, 1.82) is 0 Å². The van der Waals surface area contributed by atoms with E-state index >= 15 is 0 Å². The summed E-state index contributed by atoms with van der Waals surface area (Å²) in [4.78, 5) is 101. The highest BCUT2D eigenvalue weighted by Gasteiger charge is 2.50. The maximum Gasteiger partial charge on any atom is 0.481 e. The van der Waals surface area contributed by atoms with Gasteiger partial charge in [0.1, 0.15) is 42.0 Å². The van der Waals surface area contributed by atoms with Crippen molar-refractivity contribution in [3.8, 4) is 0 Å². The van der Waals surface area contributed by atoms with E-state index in [1.54, 1.807) is 0 Å². The molecule has 2 amide bonds. The maximum absolute atomic E-state index is 12.7. The minimum Gasteiger partial charge on any atom is -0.386 e. The fourth-order valence-corrected chi connectivity index (χ4v) is 10.8. The van der Waals surface area contributed by atoms with Crippen molar-refractivity contribution in [2.45, 2.75) is 116 Å². The number of rotatable bonds is 29. The molecular formula is C39H62N7O18P3S. The molecule has 0 radical (unpaired) electrons. The van der Waals surface area contributed by atoms with Crippen LogP contribution >= 0.6 is 35.2 Å². The van der Waals surface area contributed by atoms with Crippen LogP contribution in [0.25, 0.3) is 11.2 Å². The van der Waals surface area contributed by atoms with Crippen LogP contribution in [0.1, 0.15) is 91.2 Å². The standard InChI is InChI=1S/C39H62N7O18P3S/c1-4-5-9-13-26-25(15-16-27(26)47)12-10-7-6-8-11-14-30(49)68-20-19-41-29(48)17-18-42-37(52)34(51)39(2,3)22-61-67(58,59)64-66(56,57)60-21-28-33(63-65(53,54)55)32(50)38(62-28)46-24-45-31-35(40)43-23-44-36(31)46/h5,9,11,14,23-26,28,32-34,38,50-51H,4,6-8,10,12-13,15-22H2,1-3H3,(H,41,48)(H,42,52)(H,56,57)(H,58,59)(H2,40,43,44)(H2,53,54,55)/b9-5-,14-11+/t25-,26-,28+,32+,33+,34?,38+/m0/s1. The minimum absolute atomic E-state index is 0.0276. The van der Waals surface area contributed by atoms with Crippen LogP contribution in [0.3, 0.4) is 0 Å². The molecule has 0 spiro atoms. The van der Waals surface area contributed by atoms with E-state index in [9.17, 15) is 62.7 Å². The fraction of sp³-hybridized carbons (Fsp3) is 0.667. The van der Waals surface area contributed by atoms with Gasteiger partial charge < -0.3 is 50.9 Å². The second kappa shape index (κ2) is 26.2. The van der Waals surface area contributed by atoms with Gasteiger partial charge in [0, 0.05) is 43.0 Å². The highest BCUT2D eigenvalue weighted by atomic mass is 32.2. The number of phosphoric ester groups is 3. The number of thioether (sulfide) groups is 1. The van der Waals surface area contributed by atoms with E-state index in [1.165, 1.54) is 19.9 Å². The predicted octanol–water partition coefficient (Wildman–Crippen LogP) is 3.12. The average Bonchev–Trinajstić information content (AvgIpc) is 3.94. The number of amides is 2. The first kappa shape index (κ1) is 57.3. The first-order valence-corrected chi connectivity index (χ1v) is 27.3. The van der Waals surface area contributed by atoms with Gasteiger partial charge in [0.05, 0.1) is 19.5 Å². The topological polar surface area (TPSA) is 381 Å². The number of nitrogens with zero attached hydrogens (tertiary/aromatic N) is 4. The van der Waals surface area contributed by atoms with Crippen molar-refractivity contribution in [2.75, 3.05) is 37.8 Å². The number of imidazole rings is 1. The van der Waals surface area contributed by atoms with E-state index < -0.39 is 84.6 Å². The maximum atomic E-state index is 12.7. The smallest absolute Gasteiger partial charge is 0.386 e. The Hall–Kier alpha value is -3.29. The molecule has 2 aromatic rings. The predicted molar refractivity (Wildman–Crippen MR) is 245 cm³/mol. The number of ketones is 1. The number of hydrogen-bond acceptors (Lipinski definition) is 19. The van der Waals surface area contributed by atoms with Crippen molar-refractivity contribution in [1.82, 2.24) is 30.2 Å². The molecule has 68 heavy (non-hydrogen) atoms. The van der Waals surface area contributed by atoms with Crippen LogP contribution in [0.2, 0.25) is 0 Å². The quantitative estimate of drug-likeness (QED) is 0.0244. The fourth-order valence-electron chi connectivity index (χ4n) is 7.41. The number of nitrogens with one attached hydrogen (secondary N) is 2. The van der Waals surface area contributed by atoms with Gasteiger partial charge in [-0.15, -0.1) is 0 Å². The van der Waals surface area contributed by atoms with Crippen LogP contribution in [0, 0.1) is 17.3 Å². The summed E-state index contributed by atoms with van der Waals surface area (Å²) in [7, 11) is -16.4. The highest BCUT2D eigenvalue weighted by molar-refractivity contribution is 8.14. The Balaban J connectivity index is 1.11. The molecule has 4 rings (SSSR count). The number of unbranched alkanes of at least 4 members (excludes halogenated alkanes) is 3. The molecule has 0 bridgehead atoms. The number of aromatic nitrogens is 4. The van der Waals surface area contributed by atoms with Gasteiger partial charge in [-0.05, 0) is 50.5 Å². The molecule has 29 heteroatoms. The largest absolute Gasteiger partial charge is 0.481 e. The van der Waals surface area contributed by atoms with Crippen LogP contribution in [-0.2, 0) is 55.5 Å². The Morgan fingerprint density at radius 2 is 1.76 bits per heavy atom. The number of hydrogen-bond donors (Lipinski definition) is 9. The van der Waals surface area contributed by atoms with Gasteiger partial charge in [-0.2, -0.15) is 4.31 Å². The summed E-state index contributed by atoms with van der Waals surface area (Å²) in [5.74, 6) is -0.180. The lowest BCUT2D eigenvalue weighted by Crippen LogP contribution is -2.46. The molecule has 0 aromatic carbocycles. The average molecular weight is 1040 g/mol. The van der Waals surface area contributed by atoms with Gasteiger partial charge in [0.25, 0.3) is 0 Å². The molecule has 9 atom stereocenters. The number of Topliss-reactive ketones (excluding diaryl/α,β-unsaturated/α-hetero) is 1. The van der Waals surface area contributed by atoms with E-state index in [2.05, 4.69) is 53.5 Å². The zero-order valence-corrected chi connectivity index (χ0v) is 41.3. The van der Waals surface area contributed by atoms with Crippen LogP contribution in [0.15, 0.2) is 37.0 Å². The molecule has 3 heterocycles. The summed E-state index contributed by atoms with van der Waals surface area (Å²) < 4.78 is 62.4. The third-order valence-corrected chi connectivity index (χ3v) is 14.9. The van der Waals surface area contributed by atoms with Gasteiger partial charge >= 0.3 is 23.5 Å². The lowest BCUT2D eigenvalue weighted by molar-refractivity contribution is -0.137. The molecule has 382 valence electrons. The van der Waals surface area contributed by atoms with Crippen LogP contribution < -0.4 is 16.4 Å². The molecule has 2 fully saturated rings. The molecule has 1 aliphatic heterocycles. The van der Waals surface area contributed by atoms with E-state index in [1.807, 2.05) is 6.08 Å². The molecule has 1 saturated heterocycles. The van der Waals surface area contributed by atoms with E-state index in [4.69, 9.17) is 19.5 Å². The van der Waals surface area contributed by atoms with Crippen LogP contribution in [0.5, 0.6) is 0 Å². The summed E-state index contributed by atoms with van der Waals surface area (Å²) in [6.07, 6.45) is 8.88. The Morgan fingerprint density at radius 3 is 2.49 bits per heavy atom. The van der Waals surface area contributed by atoms with Gasteiger partial charge in [-0.1, -0.05) is 63.6 Å². The van der Waals surface area contributed by atoms with Gasteiger partial charge in [0.2, 0.25) is 16.9 Å². The van der Waals surface area contributed by atoms with Gasteiger partial charge in [-0.25, -0.2) is 28.6 Å². The number of phosphoric acid groups is 3. The first-order valence-electron chi connectivity index (χ1n) is 21.8. The number of carbonyl (C=O) groups is 4. The Bertz CT molecular complexity index is 2240. The SMILES string of the molecule is CC/C=C\C[C@@H]1C(=O)CC[C@@H]1CCCCC/C=C/C(=O)SCCNC(=O)CCNC(=O)C(O)C(C)(C)COP(=O)(O)OP(=O)(O)OC[C@H]1O[C@@H](n2cnc3c(N)ncnc32)[C@H](O)[C@@H]1OP(=O)(O)O. The summed E-state index contributed by atoms with van der Waals surface area (Å²) in [6.45, 7) is 2.52. The number of nitrogen functional groups attached to an aromatic ring is 1.